The molecule has 0 unspecified atom stereocenters. The second-order valence-electron chi connectivity index (χ2n) is 9.30. The average molecular weight is 486 g/mol. The van der Waals surface area contributed by atoms with E-state index >= 15 is 0 Å². The van der Waals surface area contributed by atoms with Gasteiger partial charge in [-0.25, -0.2) is 13.4 Å². The third-order valence-electron chi connectivity index (χ3n) is 6.79. The molecule has 0 saturated carbocycles. The van der Waals surface area contributed by atoms with E-state index in [0.29, 0.717) is 18.2 Å². The van der Waals surface area contributed by atoms with E-state index in [2.05, 4.69) is 4.57 Å². The fraction of sp³-hybridized carbons (Fsp3) is 0.500. The number of aryl methyl sites for hydroxylation is 1. The maximum Gasteiger partial charge on any atom is 0.264 e. The Balaban J connectivity index is 1.73. The fourth-order valence-corrected chi connectivity index (χ4v) is 6.09. The van der Waals surface area contributed by atoms with Gasteiger partial charge in [0.2, 0.25) is 0 Å². The third kappa shape index (κ3) is 4.85. The molecule has 4 rings (SSSR count). The Hall–Kier alpha value is -2.42. The summed E-state index contributed by atoms with van der Waals surface area (Å²) < 4.78 is 41.6. The number of hydrogen-bond donors (Lipinski definition) is 0. The Labute approximate surface area is 202 Å². The number of anilines is 1. The van der Waals surface area contributed by atoms with Crippen LogP contribution in [0.5, 0.6) is 0 Å². The molecule has 1 aliphatic rings. The van der Waals surface area contributed by atoms with Gasteiger partial charge in [-0.1, -0.05) is 18.2 Å². The van der Waals surface area contributed by atoms with Crippen LogP contribution in [0, 0.1) is 5.92 Å². The van der Waals surface area contributed by atoms with Gasteiger partial charge in [-0.05, 0) is 76.3 Å². The van der Waals surface area contributed by atoms with Crippen molar-refractivity contribution in [2.75, 3.05) is 31.2 Å². The lowest BCUT2D eigenvalue weighted by atomic mass is 9.96. The predicted molar refractivity (Wildman–Crippen MR) is 135 cm³/mol. The highest BCUT2D eigenvalue weighted by molar-refractivity contribution is 7.92. The Morgan fingerprint density at radius 3 is 2.50 bits per heavy atom. The molecule has 2 heterocycles. The van der Waals surface area contributed by atoms with Crippen LogP contribution in [0.15, 0.2) is 53.4 Å². The van der Waals surface area contributed by atoms with E-state index in [4.69, 9.17) is 14.5 Å². The largest absolute Gasteiger partial charge is 0.381 e. The molecule has 1 saturated heterocycles. The van der Waals surface area contributed by atoms with E-state index in [1.807, 2.05) is 45.0 Å². The number of hydrogen-bond acceptors (Lipinski definition) is 5. The minimum atomic E-state index is -3.67. The summed E-state index contributed by atoms with van der Waals surface area (Å²) in [5, 5.41) is 0. The fourth-order valence-electron chi connectivity index (χ4n) is 4.61. The zero-order valence-electron chi connectivity index (χ0n) is 20.5. The van der Waals surface area contributed by atoms with Crippen molar-refractivity contribution in [3.8, 4) is 0 Å². The van der Waals surface area contributed by atoms with Crippen molar-refractivity contribution in [2.45, 2.75) is 57.1 Å². The molecule has 0 amide bonds. The van der Waals surface area contributed by atoms with Crippen LogP contribution in [-0.2, 0) is 31.6 Å². The van der Waals surface area contributed by atoms with Crippen molar-refractivity contribution < 1.29 is 17.9 Å². The van der Waals surface area contributed by atoms with Gasteiger partial charge in [0.05, 0.1) is 21.6 Å². The van der Waals surface area contributed by atoms with Crippen LogP contribution in [-0.4, -0.2) is 44.8 Å². The number of imidazole rings is 1. The summed E-state index contributed by atoms with van der Waals surface area (Å²) in [6.45, 7) is 8.69. The molecular formula is C26H35N3O4S. The van der Waals surface area contributed by atoms with Crippen molar-refractivity contribution in [2.24, 2.45) is 5.92 Å². The first kappa shape index (κ1) is 24.7. The quantitative estimate of drug-likeness (QED) is 0.429. The summed E-state index contributed by atoms with van der Waals surface area (Å²) >= 11 is 0. The number of aromatic nitrogens is 2. The number of benzene rings is 2. The Kier molecular flexibility index (Phi) is 7.31. The predicted octanol–water partition coefficient (Wildman–Crippen LogP) is 4.95. The average Bonchev–Trinajstić information content (AvgIpc) is 3.23. The summed E-state index contributed by atoms with van der Waals surface area (Å²) in [6.07, 6.45) is 3.22. The third-order valence-corrected chi connectivity index (χ3v) is 8.71. The molecule has 0 radical (unpaired) electrons. The molecule has 0 atom stereocenters. The normalized spacial score (nSPS) is 15.6. The number of rotatable bonds is 9. The molecule has 7 nitrogen and oxygen atoms in total. The van der Waals surface area contributed by atoms with Gasteiger partial charge in [-0.3, -0.25) is 4.31 Å². The van der Waals surface area contributed by atoms with Gasteiger partial charge in [-0.2, -0.15) is 0 Å². The maximum absolute atomic E-state index is 13.3. The topological polar surface area (TPSA) is 73.7 Å². The number of sulfonamides is 1. The van der Waals surface area contributed by atoms with E-state index in [0.717, 1.165) is 55.9 Å². The van der Waals surface area contributed by atoms with E-state index in [1.165, 1.54) is 4.31 Å². The molecule has 8 heteroatoms. The highest BCUT2D eigenvalue weighted by atomic mass is 32.2. The van der Waals surface area contributed by atoms with Gasteiger partial charge in [-0.15, -0.1) is 0 Å². The minimum Gasteiger partial charge on any atom is -0.381 e. The van der Waals surface area contributed by atoms with Gasteiger partial charge in [0.15, 0.2) is 0 Å². The zero-order chi connectivity index (χ0) is 24.3. The standard InChI is InChI=1S/C26H35N3O4S/c1-5-29(34(30,31)22-9-7-6-8-10-22)21-11-12-24-23(19-21)27-25(26(2,3)32-4)28(24)16-13-20-14-17-33-18-15-20/h6-12,19-20H,5,13-18H2,1-4H3. The van der Waals surface area contributed by atoms with Crippen molar-refractivity contribution in [3.05, 3.63) is 54.4 Å². The smallest absolute Gasteiger partial charge is 0.264 e. The van der Waals surface area contributed by atoms with Gasteiger partial charge < -0.3 is 14.0 Å². The minimum absolute atomic E-state index is 0.278. The molecule has 0 bridgehead atoms. The SMILES string of the molecule is CCN(c1ccc2c(c1)nc(C(C)(C)OC)n2CCC1CCOCC1)S(=O)(=O)c1ccccc1. The first-order chi connectivity index (χ1) is 16.3. The van der Waals surface area contributed by atoms with E-state index < -0.39 is 15.6 Å². The van der Waals surface area contributed by atoms with E-state index in [9.17, 15) is 8.42 Å². The lowest BCUT2D eigenvalue weighted by Gasteiger charge is -2.26. The van der Waals surface area contributed by atoms with E-state index in [-0.39, 0.29) is 4.90 Å². The summed E-state index contributed by atoms with van der Waals surface area (Å²) in [6, 6.07) is 14.3. The zero-order valence-corrected chi connectivity index (χ0v) is 21.3. The second kappa shape index (κ2) is 10.1. The lowest BCUT2D eigenvalue weighted by molar-refractivity contribution is 0.00829. The van der Waals surface area contributed by atoms with Gasteiger partial charge in [0.1, 0.15) is 11.4 Å². The first-order valence-electron chi connectivity index (χ1n) is 12.0. The van der Waals surface area contributed by atoms with E-state index in [1.54, 1.807) is 31.4 Å². The molecule has 1 fully saturated rings. The molecule has 1 aliphatic heterocycles. The molecule has 1 aromatic heterocycles. The van der Waals surface area contributed by atoms with Crippen molar-refractivity contribution in [1.29, 1.82) is 0 Å². The molecular weight excluding hydrogens is 450 g/mol. The first-order valence-corrected chi connectivity index (χ1v) is 13.4. The van der Waals surface area contributed by atoms with Crippen LogP contribution in [0.25, 0.3) is 11.0 Å². The molecule has 184 valence electrons. The van der Waals surface area contributed by atoms with Crippen molar-refractivity contribution in [3.63, 3.8) is 0 Å². The van der Waals surface area contributed by atoms with Gasteiger partial charge in [0.25, 0.3) is 10.0 Å². The summed E-state index contributed by atoms with van der Waals surface area (Å²) in [4.78, 5) is 5.22. The van der Waals surface area contributed by atoms with Crippen molar-refractivity contribution in [1.82, 2.24) is 9.55 Å². The summed E-state index contributed by atoms with van der Waals surface area (Å²) in [5.41, 5.74) is 1.79. The van der Waals surface area contributed by atoms with Crippen LogP contribution < -0.4 is 4.31 Å². The van der Waals surface area contributed by atoms with Gasteiger partial charge >= 0.3 is 0 Å². The molecule has 0 N–H and O–H groups in total. The van der Waals surface area contributed by atoms with Crippen LogP contribution >= 0.6 is 0 Å². The maximum atomic E-state index is 13.3. The number of nitrogens with zero attached hydrogens (tertiary/aromatic N) is 3. The Bertz CT molecular complexity index is 1220. The number of ether oxygens (including phenoxy) is 2. The lowest BCUT2D eigenvalue weighted by Crippen LogP contribution is -2.30. The van der Waals surface area contributed by atoms with Crippen LogP contribution in [0.3, 0.4) is 0 Å². The summed E-state index contributed by atoms with van der Waals surface area (Å²) in [5.74, 6) is 1.48. The van der Waals surface area contributed by atoms with Crippen LogP contribution in [0.1, 0.15) is 45.9 Å². The molecule has 34 heavy (non-hydrogen) atoms. The van der Waals surface area contributed by atoms with Gasteiger partial charge in [0, 0.05) is 33.4 Å². The Morgan fingerprint density at radius 1 is 1.15 bits per heavy atom. The highest BCUT2D eigenvalue weighted by Crippen LogP contribution is 2.32. The molecule has 2 aromatic carbocycles. The molecule has 0 spiro atoms. The van der Waals surface area contributed by atoms with Crippen LogP contribution in [0.2, 0.25) is 0 Å². The monoisotopic (exact) mass is 485 g/mol. The summed E-state index contributed by atoms with van der Waals surface area (Å²) in [7, 11) is -1.98. The van der Waals surface area contributed by atoms with Crippen molar-refractivity contribution >= 4 is 26.7 Å². The van der Waals surface area contributed by atoms with Crippen LogP contribution in [0.4, 0.5) is 5.69 Å². The highest BCUT2D eigenvalue weighted by Gasteiger charge is 2.29. The second-order valence-corrected chi connectivity index (χ2v) is 11.2. The molecule has 3 aromatic rings. The molecule has 0 aliphatic carbocycles. The number of methoxy groups -OCH3 is 1. The number of fused-ring (bicyclic) bond motifs is 1. The Morgan fingerprint density at radius 2 is 1.85 bits per heavy atom.